The Morgan fingerprint density at radius 1 is 0.862 bits per heavy atom. The first kappa shape index (κ1) is 20.2. The van der Waals surface area contributed by atoms with Crippen molar-refractivity contribution in [1.82, 2.24) is 0 Å². The molecule has 0 atom stereocenters. The van der Waals surface area contributed by atoms with Gasteiger partial charge in [-0.2, -0.15) is 14.0 Å². The maximum atomic E-state index is 12.5. The molecule has 0 aromatic heterocycles. The minimum Gasteiger partial charge on any atom is -0.423 e. The molecule has 0 spiro atoms. The summed E-state index contributed by atoms with van der Waals surface area (Å²) in [5.74, 6) is -4.02. The van der Waals surface area contributed by atoms with Gasteiger partial charge in [0.2, 0.25) is 9.84 Å². The van der Waals surface area contributed by atoms with Crippen LogP contribution in [0.4, 0.5) is 8.78 Å². The molecule has 0 saturated carbocycles. The zero-order chi connectivity index (χ0) is 21.0. The Balaban J connectivity index is 1.71. The van der Waals surface area contributed by atoms with Crippen molar-refractivity contribution in [2.24, 2.45) is 0 Å². The Morgan fingerprint density at radius 3 is 1.86 bits per heavy atom. The van der Waals surface area contributed by atoms with E-state index in [-0.39, 0.29) is 11.3 Å². The van der Waals surface area contributed by atoms with Crippen LogP contribution in [0.1, 0.15) is 15.9 Å². The van der Waals surface area contributed by atoms with Crippen LogP contribution in [-0.2, 0) is 9.84 Å². The molecule has 0 N–H and O–H groups in total. The Hall–Kier alpha value is -3.57. The van der Waals surface area contributed by atoms with Gasteiger partial charge in [0.05, 0.1) is 22.1 Å². The van der Waals surface area contributed by atoms with Crippen molar-refractivity contribution in [2.75, 3.05) is 0 Å². The number of halogens is 2. The number of nitriles is 1. The minimum absolute atomic E-state index is 0.0226. The average Bonchev–Trinajstić information content (AvgIpc) is 2.74. The van der Waals surface area contributed by atoms with E-state index in [9.17, 15) is 22.0 Å². The molecule has 29 heavy (non-hydrogen) atoms. The Labute approximate surface area is 165 Å². The first-order chi connectivity index (χ1) is 13.8. The lowest BCUT2D eigenvalue weighted by Crippen LogP contribution is -2.12. The van der Waals surface area contributed by atoms with Gasteiger partial charge in [-0.05, 0) is 59.7 Å². The van der Waals surface area contributed by atoms with Gasteiger partial charge in [-0.25, -0.2) is 13.2 Å². The van der Waals surface area contributed by atoms with Crippen LogP contribution < -0.4 is 4.74 Å². The van der Waals surface area contributed by atoms with Crippen molar-refractivity contribution in [3.05, 3.63) is 83.9 Å². The fourth-order valence-corrected chi connectivity index (χ4v) is 3.22. The summed E-state index contributed by atoms with van der Waals surface area (Å²) in [7, 11) is -4.72. The van der Waals surface area contributed by atoms with Gasteiger partial charge in [0.1, 0.15) is 5.75 Å². The van der Waals surface area contributed by atoms with Crippen molar-refractivity contribution >= 4 is 15.8 Å². The van der Waals surface area contributed by atoms with Crippen LogP contribution >= 0.6 is 0 Å². The maximum absolute atomic E-state index is 12.5. The summed E-state index contributed by atoms with van der Waals surface area (Å²) in [6.07, 6.45) is 0. The molecular formula is C21H13F2NO4S. The summed E-state index contributed by atoms with van der Waals surface area (Å²) in [5.41, 5.74) is 2.31. The zero-order valence-electron chi connectivity index (χ0n) is 14.7. The molecule has 0 radical (unpaired) electrons. The van der Waals surface area contributed by atoms with E-state index < -0.39 is 26.5 Å². The van der Waals surface area contributed by atoms with E-state index in [4.69, 9.17) is 10.00 Å². The molecule has 8 heteroatoms. The molecule has 0 heterocycles. The van der Waals surface area contributed by atoms with Gasteiger partial charge in [-0.1, -0.05) is 24.3 Å². The van der Waals surface area contributed by atoms with Gasteiger partial charge in [0, 0.05) is 0 Å². The molecule has 3 aromatic rings. The maximum Gasteiger partial charge on any atom is 0.343 e. The van der Waals surface area contributed by atoms with Crippen molar-refractivity contribution in [3.63, 3.8) is 0 Å². The molecular weight excluding hydrogens is 400 g/mol. The molecule has 3 rings (SSSR count). The van der Waals surface area contributed by atoms with E-state index in [1.54, 1.807) is 48.5 Å². The number of nitrogens with zero attached hydrogens (tertiary/aromatic N) is 1. The second-order valence-electron chi connectivity index (χ2n) is 5.93. The van der Waals surface area contributed by atoms with Crippen molar-refractivity contribution in [2.45, 2.75) is 10.7 Å². The summed E-state index contributed by atoms with van der Waals surface area (Å²) < 4.78 is 53.1. The van der Waals surface area contributed by atoms with Gasteiger partial charge in [-0.3, -0.25) is 0 Å². The van der Waals surface area contributed by atoms with Crippen LogP contribution in [0.15, 0.2) is 77.7 Å². The molecule has 146 valence electrons. The summed E-state index contributed by atoms with van der Waals surface area (Å²) in [6.45, 7) is 0. The molecule has 0 saturated heterocycles. The number of esters is 1. The first-order valence-electron chi connectivity index (χ1n) is 8.26. The Kier molecular flexibility index (Phi) is 5.71. The van der Waals surface area contributed by atoms with Crippen molar-refractivity contribution in [3.8, 4) is 22.9 Å². The third-order valence-electron chi connectivity index (χ3n) is 4.07. The fraction of sp³-hybridized carbons (Fsp3) is 0.0476. The zero-order valence-corrected chi connectivity index (χ0v) is 15.6. The minimum atomic E-state index is -4.72. The van der Waals surface area contributed by atoms with E-state index in [0.717, 1.165) is 35.4 Å². The van der Waals surface area contributed by atoms with Crippen LogP contribution in [0, 0.1) is 11.3 Å². The topological polar surface area (TPSA) is 84.2 Å². The van der Waals surface area contributed by atoms with Crippen LogP contribution in [0.3, 0.4) is 0 Å². The molecule has 0 aliphatic rings. The number of alkyl halides is 2. The van der Waals surface area contributed by atoms with Crippen LogP contribution in [0.2, 0.25) is 0 Å². The van der Waals surface area contributed by atoms with E-state index in [0.29, 0.717) is 5.56 Å². The number of carbonyl (C=O) groups excluding carboxylic acids is 1. The van der Waals surface area contributed by atoms with Gasteiger partial charge >= 0.3 is 11.7 Å². The van der Waals surface area contributed by atoms with Gasteiger partial charge in [0.25, 0.3) is 0 Å². The number of carbonyl (C=O) groups is 1. The molecule has 5 nitrogen and oxygen atoms in total. The van der Waals surface area contributed by atoms with Gasteiger partial charge in [0.15, 0.2) is 0 Å². The van der Waals surface area contributed by atoms with Crippen LogP contribution in [-0.4, -0.2) is 20.1 Å². The number of hydrogen-bond acceptors (Lipinski definition) is 5. The lowest BCUT2D eigenvalue weighted by Gasteiger charge is -2.07. The molecule has 0 fully saturated rings. The van der Waals surface area contributed by atoms with Gasteiger partial charge < -0.3 is 4.74 Å². The standard InChI is InChI=1S/C21H13F2NO4S/c22-21(23)29(26,27)19-11-7-17(8-12-19)20(25)28-18-9-5-16(6-10-18)15-3-1-14(13-24)2-4-15/h1-12,21H. The van der Waals surface area contributed by atoms with E-state index in [2.05, 4.69) is 0 Å². The highest BCUT2D eigenvalue weighted by Gasteiger charge is 2.26. The lowest BCUT2D eigenvalue weighted by molar-refractivity contribution is 0.0734. The monoisotopic (exact) mass is 413 g/mol. The number of rotatable bonds is 5. The molecule has 0 aliphatic heterocycles. The summed E-state index contributed by atoms with van der Waals surface area (Å²) in [5, 5.41) is 8.83. The number of benzene rings is 3. The van der Waals surface area contributed by atoms with Crippen LogP contribution in [0.5, 0.6) is 5.75 Å². The Bertz CT molecular complexity index is 1170. The molecule has 3 aromatic carbocycles. The van der Waals surface area contributed by atoms with Crippen molar-refractivity contribution < 1.29 is 26.7 Å². The van der Waals surface area contributed by atoms with E-state index >= 15 is 0 Å². The largest absolute Gasteiger partial charge is 0.423 e. The smallest absolute Gasteiger partial charge is 0.343 e. The highest BCUT2D eigenvalue weighted by Crippen LogP contribution is 2.24. The third kappa shape index (κ3) is 4.47. The first-order valence-corrected chi connectivity index (χ1v) is 9.81. The second-order valence-corrected chi connectivity index (χ2v) is 7.85. The summed E-state index contributed by atoms with van der Waals surface area (Å²) in [4.78, 5) is 11.6. The molecule has 0 amide bonds. The summed E-state index contributed by atoms with van der Waals surface area (Å²) in [6, 6.07) is 19.8. The number of ether oxygens (including phenoxy) is 1. The molecule has 0 unspecified atom stereocenters. The van der Waals surface area contributed by atoms with E-state index in [1.165, 1.54) is 0 Å². The fourth-order valence-electron chi connectivity index (χ4n) is 2.50. The predicted octanol–water partition coefficient (Wildman–Crippen LogP) is 4.44. The number of hydrogen-bond donors (Lipinski definition) is 0. The molecule has 0 bridgehead atoms. The number of sulfone groups is 1. The Morgan fingerprint density at radius 2 is 1.38 bits per heavy atom. The highest BCUT2D eigenvalue weighted by atomic mass is 32.2. The van der Waals surface area contributed by atoms with Gasteiger partial charge in [-0.15, -0.1) is 0 Å². The van der Waals surface area contributed by atoms with Crippen LogP contribution in [0.25, 0.3) is 11.1 Å². The predicted molar refractivity (Wildman–Crippen MR) is 101 cm³/mol. The quantitative estimate of drug-likeness (QED) is 0.456. The summed E-state index contributed by atoms with van der Waals surface area (Å²) >= 11 is 0. The van der Waals surface area contributed by atoms with Crippen molar-refractivity contribution in [1.29, 1.82) is 5.26 Å². The average molecular weight is 413 g/mol. The molecule has 0 aliphatic carbocycles. The van der Waals surface area contributed by atoms with E-state index in [1.807, 2.05) is 6.07 Å². The lowest BCUT2D eigenvalue weighted by atomic mass is 10.0. The normalized spacial score (nSPS) is 11.1. The highest BCUT2D eigenvalue weighted by molar-refractivity contribution is 7.91. The SMILES string of the molecule is N#Cc1ccc(-c2ccc(OC(=O)c3ccc(S(=O)(=O)C(F)F)cc3)cc2)cc1. The second kappa shape index (κ2) is 8.20. The third-order valence-corrected chi connectivity index (χ3v) is 5.46.